The van der Waals surface area contributed by atoms with Gasteiger partial charge in [0.2, 0.25) is 0 Å². The highest BCUT2D eigenvalue weighted by atomic mass is 16.4. The number of nitrogens with zero attached hydrogens (tertiary/aromatic N) is 4. The second-order valence-electron chi connectivity index (χ2n) is 7.58. The lowest BCUT2D eigenvalue weighted by molar-refractivity contribution is -0.139. The summed E-state index contributed by atoms with van der Waals surface area (Å²) < 4.78 is 0. The molecule has 0 bridgehead atoms. The van der Waals surface area contributed by atoms with E-state index in [1.165, 1.54) is 0 Å². The number of likely N-dealkylation sites (N-methyl/N-ethyl adjacent to an activating group) is 1. The smallest absolute Gasteiger partial charge is 0.317 e. The number of hydrogen-bond acceptors (Lipinski definition) is 8. The Kier molecular flexibility index (Phi) is 13.8. The highest BCUT2D eigenvalue weighted by Crippen LogP contribution is 2.02. The van der Waals surface area contributed by atoms with Gasteiger partial charge in [0.05, 0.1) is 13.1 Å². The van der Waals surface area contributed by atoms with E-state index in [1.807, 2.05) is 23.9 Å². The molecule has 10 heteroatoms. The van der Waals surface area contributed by atoms with E-state index in [-0.39, 0.29) is 13.1 Å². The number of nitrogens with one attached hydrogen (secondary N) is 2. The van der Waals surface area contributed by atoms with Gasteiger partial charge in [0.25, 0.3) is 0 Å². The lowest BCUT2D eigenvalue weighted by Crippen LogP contribution is -2.48. The van der Waals surface area contributed by atoms with Gasteiger partial charge >= 0.3 is 11.9 Å². The largest absolute Gasteiger partial charge is 0.480 e. The molecular weight excluding hydrogens is 376 g/mol. The van der Waals surface area contributed by atoms with Crippen molar-refractivity contribution in [3.63, 3.8) is 0 Å². The maximum atomic E-state index is 11.3. The minimum atomic E-state index is -0.798. The fourth-order valence-corrected chi connectivity index (χ4v) is 3.47. The molecule has 0 atom stereocenters. The number of rotatable bonds is 11. The van der Waals surface area contributed by atoms with E-state index in [0.29, 0.717) is 26.2 Å². The van der Waals surface area contributed by atoms with E-state index in [0.717, 1.165) is 58.8 Å². The summed E-state index contributed by atoms with van der Waals surface area (Å²) in [4.78, 5) is 31.2. The summed E-state index contributed by atoms with van der Waals surface area (Å²) in [7, 11) is 3.84. The molecule has 0 saturated carbocycles. The van der Waals surface area contributed by atoms with Gasteiger partial charge in [-0.15, -0.1) is 0 Å². The van der Waals surface area contributed by atoms with Crippen LogP contribution in [0.3, 0.4) is 0 Å². The zero-order valence-corrected chi connectivity index (χ0v) is 18.1. The average molecular weight is 417 g/mol. The first-order valence-corrected chi connectivity index (χ1v) is 10.6. The van der Waals surface area contributed by atoms with Crippen molar-refractivity contribution >= 4 is 11.9 Å². The van der Waals surface area contributed by atoms with Gasteiger partial charge in [-0.25, -0.2) is 0 Å². The highest BCUT2D eigenvalue weighted by Gasteiger charge is 2.18. The van der Waals surface area contributed by atoms with Gasteiger partial charge in [-0.2, -0.15) is 0 Å². The minimum Gasteiger partial charge on any atom is -0.480 e. The molecule has 1 aliphatic rings. The SMILES string of the molecule is CNCCCN1CCN(CC(=O)O)CCN(CCNC)CCN(CC(=O)O)CC1. The fraction of sp³-hybridized carbons (Fsp3) is 0.895. The van der Waals surface area contributed by atoms with Crippen LogP contribution >= 0.6 is 0 Å². The van der Waals surface area contributed by atoms with Crippen LogP contribution in [-0.2, 0) is 9.59 Å². The van der Waals surface area contributed by atoms with E-state index in [4.69, 9.17) is 0 Å². The van der Waals surface area contributed by atoms with Crippen LogP contribution in [0.2, 0.25) is 0 Å². The predicted octanol–water partition coefficient (Wildman–Crippen LogP) is -1.79. The molecule has 1 aliphatic heterocycles. The first-order chi connectivity index (χ1) is 13.9. The van der Waals surface area contributed by atoms with Gasteiger partial charge in [0.15, 0.2) is 0 Å². The van der Waals surface area contributed by atoms with Crippen LogP contribution in [0, 0.1) is 0 Å². The summed E-state index contributed by atoms with van der Waals surface area (Å²) in [6.45, 7) is 9.55. The summed E-state index contributed by atoms with van der Waals surface area (Å²) in [6.07, 6.45) is 1.01. The maximum Gasteiger partial charge on any atom is 0.317 e. The lowest BCUT2D eigenvalue weighted by Gasteiger charge is -2.33. The normalized spacial score (nSPS) is 19.5. The van der Waals surface area contributed by atoms with Crippen molar-refractivity contribution in [2.75, 3.05) is 106 Å². The average Bonchev–Trinajstić information content (AvgIpc) is 2.66. The van der Waals surface area contributed by atoms with Crippen molar-refractivity contribution in [2.24, 2.45) is 0 Å². The number of carboxylic acid groups (broad SMARTS) is 2. The van der Waals surface area contributed by atoms with Crippen LogP contribution in [0.1, 0.15) is 6.42 Å². The number of hydrogen-bond donors (Lipinski definition) is 4. The third-order valence-electron chi connectivity index (χ3n) is 5.23. The Morgan fingerprint density at radius 2 is 1.03 bits per heavy atom. The number of aliphatic carboxylic acids is 2. The molecule has 0 aromatic rings. The van der Waals surface area contributed by atoms with Crippen molar-refractivity contribution in [1.29, 1.82) is 0 Å². The van der Waals surface area contributed by atoms with Crippen LogP contribution < -0.4 is 10.6 Å². The van der Waals surface area contributed by atoms with Gasteiger partial charge in [0.1, 0.15) is 0 Å². The highest BCUT2D eigenvalue weighted by molar-refractivity contribution is 5.69. The van der Waals surface area contributed by atoms with E-state index >= 15 is 0 Å². The zero-order chi connectivity index (χ0) is 21.5. The number of carboxylic acids is 2. The lowest BCUT2D eigenvalue weighted by atomic mass is 10.3. The zero-order valence-electron chi connectivity index (χ0n) is 18.1. The van der Waals surface area contributed by atoms with Crippen LogP contribution in [0.5, 0.6) is 0 Å². The Bertz CT molecular complexity index is 436. The molecule has 0 unspecified atom stereocenters. The second-order valence-corrected chi connectivity index (χ2v) is 7.58. The van der Waals surface area contributed by atoms with Crippen LogP contribution in [0.4, 0.5) is 0 Å². The van der Waals surface area contributed by atoms with Gasteiger partial charge < -0.3 is 25.7 Å². The van der Waals surface area contributed by atoms with Crippen molar-refractivity contribution in [2.45, 2.75) is 6.42 Å². The molecule has 0 aromatic carbocycles. The van der Waals surface area contributed by atoms with E-state index in [9.17, 15) is 19.8 Å². The molecule has 1 rings (SSSR count). The van der Waals surface area contributed by atoms with Crippen molar-refractivity contribution < 1.29 is 19.8 Å². The van der Waals surface area contributed by atoms with Gasteiger partial charge in [0, 0.05) is 65.4 Å². The molecule has 1 saturated heterocycles. The molecule has 29 heavy (non-hydrogen) atoms. The Morgan fingerprint density at radius 1 is 0.655 bits per heavy atom. The van der Waals surface area contributed by atoms with Crippen LogP contribution in [0.15, 0.2) is 0 Å². The summed E-state index contributed by atoms with van der Waals surface area (Å²) in [5, 5.41) is 24.8. The predicted molar refractivity (Wildman–Crippen MR) is 114 cm³/mol. The third kappa shape index (κ3) is 12.8. The Labute approximate surface area is 174 Å². The molecule has 0 spiro atoms. The Hall–Kier alpha value is -1.30. The summed E-state index contributed by atoms with van der Waals surface area (Å²) in [6, 6.07) is 0. The second kappa shape index (κ2) is 15.5. The quantitative estimate of drug-likeness (QED) is 0.288. The Balaban J connectivity index is 2.81. The molecule has 0 radical (unpaired) electrons. The molecule has 0 aromatic heterocycles. The van der Waals surface area contributed by atoms with E-state index in [1.54, 1.807) is 0 Å². The molecule has 1 fully saturated rings. The van der Waals surface area contributed by atoms with E-state index in [2.05, 4.69) is 20.4 Å². The van der Waals surface area contributed by atoms with Crippen LogP contribution in [0.25, 0.3) is 0 Å². The molecule has 1 heterocycles. The van der Waals surface area contributed by atoms with Gasteiger partial charge in [-0.05, 0) is 33.6 Å². The molecule has 0 amide bonds. The van der Waals surface area contributed by atoms with Gasteiger partial charge in [-0.1, -0.05) is 0 Å². The van der Waals surface area contributed by atoms with E-state index < -0.39 is 11.9 Å². The molecule has 4 N–H and O–H groups in total. The third-order valence-corrected chi connectivity index (χ3v) is 5.23. The van der Waals surface area contributed by atoms with Crippen molar-refractivity contribution in [3.8, 4) is 0 Å². The molecule has 0 aliphatic carbocycles. The Morgan fingerprint density at radius 3 is 1.41 bits per heavy atom. The summed E-state index contributed by atoms with van der Waals surface area (Å²) in [5.74, 6) is -1.60. The minimum absolute atomic E-state index is 0.0510. The summed E-state index contributed by atoms with van der Waals surface area (Å²) >= 11 is 0. The first-order valence-electron chi connectivity index (χ1n) is 10.6. The molecule has 10 nitrogen and oxygen atoms in total. The van der Waals surface area contributed by atoms with Crippen molar-refractivity contribution in [1.82, 2.24) is 30.2 Å². The molecule has 170 valence electrons. The topological polar surface area (TPSA) is 112 Å². The van der Waals surface area contributed by atoms with Crippen LogP contribution in [-0.4, -0.2) is 147 Å². The van der Waals surface area contributed by atoms with Gasteiger partial charge in [-0.3, -0.25) is 24.3 Å². The number of carbonyl (C=O) groups is 2. The summed E-state index contributed by atoms with van der Waals surface area (Å²) in [5.41, 5.74) is 0. The van der Waals surface area contributed by atoms with Crippen molar-refractivity contribution in [3.05, 3.63) is 0 Å². The standard InChI is InChI=1S/C19H40N6O4/c1-20-4-3-6-22-8-12-24(16-18(26)27)14-10-23(7-5-21-2)11-15-25(13-9-22)17-19(28)29/h20-21H,3-17H2,1-2H3,(H,26,27)(H,28,29). The maximum absolute atomic E-state index is 11.3. The fourth-order valence-electron chi connectivity index (χ4n) is 3.47. The monoisotopic (exact) mass is 416 g/mol. The molecular formula is C19H40N6O4. The first kappa shape index (κ1) is 25.7.